The molecule has 1 heterocycles. The van der Waals surface area contributed by atoms with Crippen molar-refractivity contribution in [3.63, 3.8) is 0 Å². The molecule has 0 bridgehead atoms. The number of ether oxygens (including phenoxy) is 1. The van der Waals surface area contributed by atoms with Gasteiger partial charge in [-0.05, 0) is 46.7 Å². The molecule has 17 heavy (non-hydrogen) atoms. The van der Waals surface area contributed by atoms with Crippen LogP contribution in [0.5, 0.6) is 0 Å². The highest BCUT2D eigenvalue weighted by Crippen LogP contribution is 2.15. The predicted octanol–water partition coefficient (Wildman–Crippen LogP) is 1.40. The van der Waals surface area contributed by atoms with Crippen molar-refractivity contribution >= 4 is 6.09 Å². The van der Waals surface area contributed by atoms with E-state index >= 15 is 0 Å². The zero-order valence-electron chi connectivity index (χ0n) is 10.7. The number of rotatable bonds is 1. The average molecular weight is 239 g/mol. The van der Waals surface area contributed by atoms with Crippen molar-refractivity contribution in [2.45, 2.75) is 45.3 Å². The van der Waals surface area contributed by atoms with Crippen molar-refractivity contribution in [1.82, 2.24) is 10.6 Å². The summed E-state index contributed by atoms with van der Waals surface area (Å²) < 4.78 is 5.19. The molecule has 1 amide bonds. The maximum Gasteiger partial charge on any atom is 0.407 e. The Balaban J connectivity index is 2.53. The summed E-state index contributed by atoms with van der Waals surface area (Å²) in [4.78, 5) is 11.6. The molecular weight excluding hydrogens is 218 g/mol. The predicted molar refractivity (Wildman–Crippen MR) is 64.4 cm³/mol. The summed E-state index contributed by atoms with van der Waals surface area (Å²) in [6.07, 6.45) is 1.08. The first-order chi connectivity index (χ1) is 7.92. The minimum atomic E-state index is -0.505. The molecule has 1 fully saturated rings. The van der Waals surface area contributed by atoms with Crippen molar-refractivity contribution in [3.8, 4) is 6.07 Å². The van der Waals surface area contributed by atoms with E-state index in [1.54, 1.807) is 0 Å². The molecule has 0 aromatic heterocycles. The fraction of sp³-hybridized carbons (Fsp3) is 0.833. The molecule has 1 saturated heterocycles. The Kier molecular flexibility index (Phi) is 4.76. The van der Waals surface area contributed by atoms with Gasteiger partial charge in [0.2, 0.25) is 0 Å². The third-order valence-corrected chi connectivity index (χ3v) is 2.62. The van der Waals surface area contributed by atoms with Crippen molar-refractivity contribution in [2.75, 3.05) is 13.1 Å². The zero-order chi connectivity index (χ0) is 12.9. The van der Waals surface area contributed by atoms with Crippen molar-refractivity contribution in [1.29, 1.82) is 5.26 Å². The first-order valence-corrected chi connectivity index (χ1v) is 6.02. The quantitative estimate of drug-likeness (QED) is 0.725. The summed E-state index contributed by atoms with van der Waals surface area (Å²) >= 11 is 0. The summed E-state index contributed by atoms with van der Waals surface area (Å²) in [6, 6.07) is 2.13. The zero-order valence-corrected chi connectivity index (χ0v) is 10.7. The number of hydrogen-bond acceptors (Lipinski definition) is 4. The van der Waals surface area contributed by atoms with E-state index in [2.05, 4.69) is 16.7 Å². The van der Waals surface area contributed by atoms with Crippen LogP contribution in [0.25, 0.3) is 0 Å². The minimum absolute atomic E-state index is 0.121. The Morgan fingerprint density at radius 2 is 2.06 bits per heavy atom. The Hall–Kier alpha value is -1.28. The highest BCUT2D eigenvalue weighted by Gasteiger charge is 2.26. The van der Waals surface area contributed by atoms with E-state index < -0.39 is 11.7 Å². The molecule has 96 valence electrons. The van der Waals surface area contributed by atoms with Gasteiger partial charge in [-0.25, -0.2) is 4.79 Å². The molecule has 0 aromatic rings. The molecule has 5 nitrogen and oxygen atoms in total. The van der Waals surface area contributed by atoms with Gasteiger partial charge in [0.05, 0.1) is 12.0 Å². The van der Waals surface area contributed by atoms with Gasteiger partial charge in [-0.15, -0.1) is 0 Å². The Bertz CT molecular complexity index is 304. The van der Waals surface area contributed by atoms with E-state index in [0.717, 1.165) is 25.9 Å². The first kappa shape index (κ1) is 13.8. The number of amides is 1. The van der Waals surface area contributed by atoms with E-state index in [1.165, 1.54) is 0 Å². The molecule has 0 radical (unpaired) electrons. The van der Waals surface area contributed by atoms with E-state index in [0.29, 0.717) is 0 Å². The number of carbonyl (C=O) groups excluding carboxylic acids is 1. The second-order valence-electron chi connectivity index (χ2n) is 5.32. The van der Waals surface area contributed by atoms with Crippen molar-refractivity contribution < 1.29 is 9.53 Å². The topological polar surface area (TPSA) is 74.2 Å². The highest BCUT2D eigenvalue weighted by atomic mass is 16.6. The van der Waals surface area contributed by atoms with Crippen LogP contribution >= 0.6 is 0 Å². The fourth-order valence-corrected chi connectivity index (χ4v) is 1.83. The molecule has 1 aliphatic rings. The molecular formula is C12H21N3O2. The molecule has 0 spiro atoms. The van der Waals surface area contributed by atoms with Crippen LogP contribution in [0.15, 0.2) is 0 Å². The van der Waals surface area contributed by atoms with Crippen LogP contribution in [0.3, 0.4) is 0 Å². The second-order valence-corrected chi connectivity index (χ2v) is 5.32. The number of nitrogens with zero attached hydrogens (tertiary/aromatic N) is 1. The van der Waals surface area contributed by atoms with Crippen LogP contribution in [0.2, 0.25) is 0 Å². The first-order valence-electron chi connectivity index (χ1n) is 6.02. The molecule has 0 unspecified atom stereocenters. The van der Waals surface area contributed by atoms with Gasteiger partial charge in [0.1, 0.15) is 5.60 Å². The van der Waals surface area contributed by atoms with Gasteiger partial charge < -0.3 is 15.4 Å². The van der Waals surface area contributed by atoms with Gasteiger partial charge in [0.15, 0.2) is 0 Å². The van der Waals surface area contributed by atoms with Gasteiger partial charge in [0.25, 0.3) is 0 Å². The second kappa shape index (κ2) is 5.87. The van der Waals surface area contributed by atoms with Crippen LogP contribution in [-0.4, -0.2) is 30.8 Å². The van der Waals surface area contributed by atoms with E-state index in [9.17, 15) is 4.79 Å². The smallest absolute Gasteiger partial charge is 0.407 e. The van der Waals surface area contributed by atoms with Gasteiger partial charge >= 0.3 is 6.09 Å². The monoisotopic (exact) mass is 239 g/mol. The standard InChI is InChI=1S/C12H21N3O2/c1-12(2,3)17-11(16)15-10-5-7-14-6-4-9(10)8-13/h9-10,14H,4-7H2,1-3H3,(H,15,16)/t9-,10+/m0/s1. The normalized spacial score (nSPS) is 25.5. The number of carbonyl (C=O) groups is 1. The summed E-state index contributed by atoms with van der Waals surface area (Å²) in [5.74, 6) is -0.141. The van der Waals surface area contributed by atoms with Crippen molar-refractivity contribution in [2.24, 2.45) is 5.92 Å². The summed E-state index contributed by atoms with van der Waals surface area (Å²) in [5, 5.41) is 15.1. The average Bonchev–Trinajstić information content (AvgIpc) is 2.39. The van der Waals surface area contributed by atoms with Gasteiger partial charge in [0, 0.05) is 6.04 Å². The lowest BCUT2D eigenvalue weighted by Crippen LogP contribution is -2.42. The SMILES string of the molecule is CC(C)(C)OC(=O)N[C@@H]1CCNCC[C@H]1C#N. The Labute approximate surface area is 103 Å². The third-order valence-electron chi connectivity index (χ3n) is 2.62. The fourth-order valence-electron chi connectivity index (χ4n) is 1.83. The summed E-state index contributed by atoms with van der Waals surface area (Å²) in [7, 11) is 0. The summed E-state index contributed by atoms with van der Waals surface area (Å²) in [5.41, 5.74) is -0.505. The molecule has 1 aliphatic heterocycles. The molecule has 0 saturated carbocycles. The maximum absolute atomic E-state index is 11.6. The molecule has 0 aromatic carbocycles. The number of nitrogens with one attached hydrogen (secondary N) is 2. The Morgan fingerprint density at radius 1 is 1.41 bits per heavy atom. The largest absolute Gasteiger partial charge is 0.444 e. The summed E-state index contributed by atoms with van der Waals surface area (Å²) in [6.45, 7) is 7.11. The van der Waals surface area contributed by atoms with E-state index in [1.807, 2.05) is 20.8 Å². The molecule has 2 N–H and O–H groups in total. The van der Waals surface area contributed by atoms with Crippen LogP contribution < -0.4 is 10.6 Å². The third kappa shape index (κ3) is 5.05. The molecule has 1 rings (SSSR count). The van der Waals surface area contributed by atoms with Crippen molar-refractivity contribution in [3.05, 3.63) is 0 Å². The number of hydrogen-bond donors (Lipinski definition) is 2. The minimum Gasteiger partial charge on any atom is -0.444 e. The van der Waals surface area contributed by atoms with Crippen LogP contribution in [0.1, 0.15) is 33.6 Å². The van der Waals surface area contributed by atoms with Crippen LogP contribution in [0.4, 0.5) is 4.79 Å². The Morgan fingerprint density at radius 3 is 2.65 bits per heavy atom. The molecule has 0 aliphatic carbocycles. The van der Waals surface area contributed by atoms with E-state index in [-0.39, 0.29) is 12.0 Å². The number of nitriles is 1. The molecule has 5 heteroatoms. The lowest BCUT2D eigenvalue weighted by Gasteiger charge is -2.24. The molecule has 2 atom stereocenters. The maximum atomic E-state index is 11.6. The highest BCUT2D eigenvalue weighted by molar-refractivity contribution is 5.68. The van der Waals surface area contributed by atoms with Crippen LogP contribution in [-0.2, 0) is 4.74 Å². The lowest BCUT2D eigenvalue weighted by molar-refractivity contribution is 0.0492. The van der Waals surface area contributed by atoms with Crippen LogP contribution in [0, 0.1) is 17.2 Å². The number of alkyl carbamates (subject to hydrolysis) is 1. The lowest BCUT2D eigenvalue weighted by atomic mass is 9.97. The van der Waals surface area contributed by atoms with Gasteiger partial charge in [-0.2, -0.15) is 5.26 Å². The van der Waals surface area contributed by atoms with Gasteiger partial charge in [-0.1, -0.05) is 0 Å². The van der Waals surface area contributed by atoms with Gasteiger partial charge in [-0.3, -0.25) is 0 Å². The van der Waals surface area contributed by atoms with E-state index in [4.69, 9.17) is 10.00 Å².